The van der Waals surface area contributed by atoms with Crippen molar-refractivity contribution in [2.45, 2.75) is 6.92 Å². The largest absolute Gasteiger partial charge is 0.378 e. The van der Waals surface area contributed by atoms with E-state index in [4.69, 9.17) is 0 Å². The van der Waals surface area contributed by atoms with Crippen LogP contribution in [0.15, 0.2) is 41.0 Å². The maximum Gasteiger partial charge on any atom is 0.130 e. The van der Waals surface area contributed by atoms with E-state index in [1.165, 1.54) is 5.69 Å². The SMILES string of the molecule is Cc1cc(Nc2ccc(N(C)C)cc2)ncc1Br. The molecule has 0 bridgehead atoms. The molecule has 1 aromatic carbocycles. The fraction of sp³-hybridized carbons (Fsp3) is 0.214. The lowest BCUT2D eigenvalue weighted by Crippen LogP contribution is -2.08. The van der Waals surface area contributed by atoms with Gasteiger partial charge in [0.05, 0.1) is 0 Å². The molecule has 0 radical (unpaired) electrons. The van der Waals surface area contributed by atoms with Crippen LogP contribution in [0, 0.1) is 6.92 Å². The van der Waals surface area contributed by atoms with Gasteiger partial charge in [0.25, 0.3) is 0 Å². The van der Waals surface area contributed by atoms with E-state index in [-0.39, 0.29) is 0 Å². The zero-order valence-electron chi connectivity index (χ0n) is 10.7. The number of pyridine rings is 1. The summed E-state index contributed by atoms with van der Waals surface area (Å²) in [7, 11) is 4.06. The molecular weight excluding hydrogens is 290 g/mol. The molecule has 0 saturated heterocycles. The highest BCUT2D eigenvalue weighted by Gasteiger charge is 2.00. The predicted molar refractivity (Wildman–Crippen MR) is 80.7 cm³/mol. The molecule has 0 aliphatic carbocycles. The molecule has 0 amide bonds. The van der Waals surface area contributed by atoms with Crippen molar-refractivity contribution in [3.8, 4) is 0 Å². The van der Waals surface area contributed by atoms with Gasteiger partial charge in [-0.25, -0.2) is 4.98 Å². The second kappa shape index (κ2) is 5.40. The molecule has 1 heterocycles. The summed E-state index contributed by atoms with van der Waals surface area (Å²) in [6, 6.07) is 10.3. The zero-order chi connectivity index (χ0) is 13.1. The van der Waals surface area contributed by atoms with Gasteiger partial charge < -0.3 is 10.2 Å². The number of nitrogens with zero attached hydrogens (tertiary/aromatic N) is 2. The predicted octanol–water partition coefficient (Wildman–Crippen LogP) is 3.96. The Labute approximate surface area is 116 Å². The molecule has 0 aliphatic rings. The fourth-order valence-corrected chi connectivity index (χ4v) is 1.82. The molecule has 0 unspecified atom stereocenters. The second-order valence-corrected chi connectivity index (χ2v) is 5.24. The van der Waals surface area contributed by atoms with Crippen LogP contribution in [-0.4, -0.2) is 19.1 Å². The quantitative estimate of drug-likeness (QED) is 0.930. The van der Waals surface area contributed by atoms with Crippen molar-refractivity contribution in [1.82, 2.24) is 4.98 Å². The summed E-state index contributed by atoms with van der Waals surface area (Å²) in [6.45, 7) is 2.05. The Morgan fingerprint density at radius 1 is 1.17 bits per heavy atom. The smallest absolute Gasteiger partial charge is 0.130 e. The van der Waals surface area contributed by atoms with Gasteiger partial charge in [-0.15, -0.1) is 0 Å². The molecule has 4 heteroatoms. The fourth-order valence-electron chi connectivity index (χ4n) is 1.60. The van der Waals surface area contributed by atoms with Gasteiger partial charge in [0.2, 0.25) is 0 Å². The van der Waals surface area contributed by atoms with E-state index in [9.17, 15) is 0 Å². The molecule has 0 fully saturated rings. The van der Waals surface area contributed by atoms with Crippen molar-refractivity contribution in [3.05, 3.63) is 46.6 Å². The minimum atomic E-state index is 0.855. The topological polar surface area (TPSA) is 28.2 Å². The Kier molecular flexibility index (Phi) is 3.87. The van der Waals surface area contributed by atoms with Gasteiger partial charge in [0, 0.05) is 36.1 Å². The van der Waals surface area contributed by atoms with Crippen molar-refractivity contribution in [2.24, 2.45) is 0 Å². The van der Waals surface area contributed by atoms with Crippen LogP contribution in [0.4, 0.5) is 17.2 Å². The third-order valence-corrected chi connectivity index (χ3v) is 3.53. The normalized spacial score (nSPS) is 10.2. The molecule has 1 aromatic heterocycles. The van der Waals surface area contributed by atoms with Gasteiger partial charge >= 0.3 is 0 Å². The van der Waals surface area contributed by atoms with Gasteiger partial charge in [0.15, 0.2) is 0 Å². The average Bonchev–Trinajstić information content (AvgIpc) is 2.34. The monoisotopic (exact) mass is 305 g/mol. The van der Waals surface area contributed by atoms with Crippen LogP contribution in [-0.2, 0) is 0 Å². The van der Waals surface area contributed by atoms with Crippen LogP contribution in [0.3, 0.4) is 0 Å². The summed E-state index contributed by atoms with van der Waals surface area (Å²) < 4.78 is 1.02. The van der Waals surface area contributed by atoms with Gasteiger partial charge in [-0.1, -0.05) is 0 Å². The summed E-state index contributed by atoms with van der Waals surface area (Å²) in [5, 5.41) is 3.29. The Morgan fingerprint density at radius 3 is 2.39 bits per heavy atom. The molecule has 2 rings (SSSR count). The first-order chi connectivity index (χ1) is 8.56. The third kappa shape index (κ3) is 3.01. The average molecular weight is 306 g/mol. The highest BCUT2D eigenvalue weighted by atomic mass is 79.9. The van der Waals surface area contributed by atoms with E-state index in [1.807, 2.05) is 45.4 Å². The van der Waals surface area contributed by atoms with Gasteiger partial charge in [0.1, 0.15) is 5.82 Å². The van der Waals surface area contributed by atoms with Crippen molar-refractivity contribution >= 4 is 33.1 Å². The number of rotatable bonds is 3. The molecule has 0 atom stereocenters. The van der Waals surface area contributed by atoms with Crippen LogP contribution in [0.1, 0.15) is 5.56 Å². The van der Waals surface area contributed by atoms with Gasteiger partial charge in [-0.05, 0) is 58.7 Å². The number of halogens is 1. The van der Waals surface area contributed by atoms with Crippen molar-refractivity contribution in [3.63, 3.8) is 0 Å². The number of nitrogens with one attached hydrogen (secondary N) is 1. The van der Waals surface area contributed by atoms with E-state index in [2.05, 4.69) is 43.3 Å². The van der Waals surface area contributed by atoms with Gasteiger partial charge in [-0.2, -0.15) is 0 Å². The first-order valence-corrected chi connectivity index (χ1v) is 6.52. The Hall–Kier alpha value is -1.55. The van der Waals surface area contributed by atoms with Crippen LogP contribution >= 0.6 is 15.9 Å². The lowest BCUT2D eigenvalue weighted by atomic mass is 10.2. The van der Waals surface area contributed by atoms with E-state index in [0.29, 0.717) is 0 Å². The molecular formula is C14H16BrN3. The molecule has 2 aromatic rings. The van der Waals surface area contributed by atoms with Crippen LogP contribution < -0.4 is 10.2 Å². The lowest BCUT2D eigenvalue weighted by Gasteiger charge is -2.13. The number of aromatic nitrogens is 1. The molecule has 0 saturated carbocycles. The van der Waals surface area contributed by atoms with Crippen molar-refractivity contribution in [1.29, 1.82) is 0 Å². The number of hydrogen-bond acceptors (Lipinski definition) is 3. The summed E-state index contributed by atoms with van der Waals surface area (Å²) in [5.41, 5.74) is 3.38. The van der Waals surface area contributed by atoms with E-state index in [1.54, 1.807) is 0 Å². The maximum atomic E-state index is 4.32. The second-order valence-electron chi connectivity index (χ2n) is 4.39. The molecule has 1 N–H and O–H groups in total. The number of aryl methyl sites for hydroxylation is 1. The molecule has 0 spiro atoms. The lowest BCUT2D eigenvalue weighted by molar-refractivity contribution is 1.13. The summed E-state index contributed by atoms with van der Waals surface area (Å²) in [4.78, 5) is 6.40. The highest BCUT2D eigenvalue weighted by Crippen LogP contribution is 2.22. The molecule has 3 nitrogen and oxygen atoms in total. The Balaban J connectivity index is 2.15. The number of hydrogen-bond donors (Lipinski definition) is 1. The number of benzene rings is 1. The summed E-state index contributed by atoms with van der Waals surface area (Å²) >= 11 is 3.44. The van der Waals surface area contributed by atoms with Crippen LogP contribution in [0.25, 0.3) is 0 Å². The Morgan fingerprint density at radius 2 is 1.83 bits per heavy atom. The minimum absolute atomic E-state index is 0.855. The maximum absolute atomic E-state index is 4.32. The first kappa shape index (κ1) is 12.9. The highest BCUT2D eigenvalue weighted by molar-refractivity contribution is 9.10. The van der Waals surface area contributed by atoms with E-state index < -0.39 is 0 Å². The van der Waals surface area contributed by atoms with Crippen molar-refractivity contribution in [2.75, 3.05) is 24.3 Å². The van der Waals surface area contributed by atoms with Crippen LogP contribution in [0.5, 0.6) is 0 Å². The summed E-state index contributed by atoms with van der Waals surface area (Å²) in [5.74, 6) is 0.855. The minimum Gasteiger partial charge on any atom is -0.378 e. The van der Waals surface area contributed by atoms with E-state index in [0.717, 1.165) is 21.5 Å². The Bertz CT molecular complexity index is 535. The molecule has 94 valence electrons. The van der Waals surface area contributed by atoms with Gasteiger partial charge in [-0.3, -0.25) is 0 Å². The zero-order valence-corrected chi connectivity index (χ0v) is 12.3. The van der Waals surface area contributed by atoms with Crippen molar-refractivity contribution < 1.29 is 0 Å². The third-order valence-electron chi connectivity index (χ3n) is 2.70. The first-order valence-electron chi connectivity index (χ1n) is 5.73. The molecule has 18 heavy (non-hydrogen) atoms. The van der Waals surface area contributed by atoms with Crippen LogP contribution in [0.2, 0.25) is 0 Å². The van der Waals surface area contributed by atoms with E-state index >= 15 is 0 Å². The molecule has 0 aliphatic heterocycles. The summed E-state index contributed by atoms with van der Waals surface area (Å²) in [6.07, 6.45) is 1.81. The number of anilines is 3. The standard InChI is InChI=1S/C14H16BrN3/c1-10-8-14(16-9-13(10)15)17-11-4-6-12(7-5-11)18(2)3/h4-9H,1-3H3,(H,16,17).